The predicted octanol–water partition coefficient (Wildman–Crippen LogP) is 4.47. The van der Waals surface area contributed by atoms with E-state index in [4.69, 9.17) is 16.0 Å². The number of carbonyl (C=O) groups excluding carboxylic acids is 1. The van der Waals surface area contributed by atoms with Crippen molar-refractivity contribution in [1.29, 1.82) is 5.26 Å². The number of halogens is 2. The van der Waals surface area contributed by atoms with Gasteiger partial charge in [0.05, 0.1) is 0 Å². The van der Waals surface area contributed by atoms with E-state index in [1.807, 2.05) is 23.1 Å². The minimum absolute atomic E-state index is 0.195. The average molecular weight is 437 g/mol. The zero-order valence-corrected chi connectivity index (χ0v) is 17.2. The Balaban J connectivity index is 1.44. The van der Waals surface area contributed by atoms with Gasteiger partial charge in [-0.15, -0.1) is 0 Å². The Morgan fingerprint density at radius 2 is 1.87 bits per heavy atom. The van der Waals surface area contributed by atoms with Crippen LogP contribution in [0.1, 0.15) is 27.5 Å². The smallest absolute Gasteiger partial charge is 0.254 e. The van der Waals surface area contributed by atoms with Gasteiger partial charge in [0.15, 0.2) is 0 Å². The van der Waals surface area contributed by atoms with E-state index in [0.717, 1.165) is 5.56 Å². The summed E-state index contributed by atoms with van der Waals surface area (Å²) < 4.78 is 19.2. The van der Waals surface area contributed by atoms with Gasteiger partial charge in [-0.3, -0.25) is 4.79 Å². The molecule has 0 radical (unpaired) electrons. The predicted molar refractivity (Wildman–Crippen MR) is 116 cm³/mol. The number of rotatable bonds is 4. The maximum Gasteiger partial charge on any atom is 0.254 e. The number of nitriles is 1. The van der Waals surface area contributed by atoms with Crippen molar-refractivity contribution in [3.63, 3.8) is 0 Å². The van der Waals surface area contributed by atoms with Gasteiger partial charge in [0.2, 0.25) is 17.5 Å². The van der Waals surface area contributed by atoms with Crippen LogP contribution in [-0.2, 0) is 0 Å². The maximum atomic E-state index is 13.4. The lowest BCUT2D eigenvalue weighted by Crippen LogP contribution is -2.48. The van der Waals surface area contributed by atoms with Crippen LogP contribution in [-0.4, -0.2) is 42.0 Å². The average Bonchev–Trinajstić information content (AvgIpc) is 3.22. The number of aromatic nitrogens is 1. The normalized spacial score (nSPS) is 14.1. The van der Waals surface area contributed by atoms with E-state index in [2.05, 4.69) is 11.1 Å². The molecule has 1 aromatic heterocycles. The van der Waals surface area contributed by atoms with Crippen LogP contribution < -0.4 is 4.90 Å². The SMILES string of the molecule is N#Cc1nc(/C=C/c2ccc(Cl)cc2)oc1N1CCN(C(=O)c2cccc(F)c2)CC1. The summed E-state index contributed by atoms with van der Waals surface area (Å²) in [7, 11) is 0. The van der Waals surface area contributed by atoms with Gasteiger partial charge in [0.25, 0.3) is 5.91 Å². The second-order valence-electron chi connectivity index (χ2n) is 6.99. The fourth-order valence-electron chi connectivity index (χ4n) is 3.34. The molecule has 8 heteroatoms. The van der Waals surface area contributed by atoms with Gasteiger partial charge in [-0.1, -0.05) is 29.8 Å². The Morgan fingerprint density at radius 3 is 2.55 bits per heavy atom. The third-order valence-corrected chi connectivity index (χ3v) is 5.20. The second-order valence-corrected chi connectivity index (χ2v) is 7.43. The highest BCUT2D eigenvalue weighted by atomic mass is 35.5. The molecule has 156 valence electrons. The summed E-state index contributed by atoms with van der Waals surface area (Å²) in [5, 5.41) is 10.1. The molecule has 0 N–H and O–H groups in total. The van der Waals surface area contributed by atoms with Gasteiger partial charge >= 0.3 is 0 Å². The van der Waals surface area contributed by atoms with E-state index < -0.39 is 5.82 Å². The van der Waals surface area contributed by atoms with Gasteiger partial charge in [-0.2, -0.15) is 10.2 Å². The Kier molecular flexibility index (Phi) is 6.01. The Morgan fingerprint density at radius 1 is 1.13 bits per heavy atom. The minimum atomic E-state index is -0.441. The number of nitrogens with zero attached hydrogens (tertiary/aromatic N) is 4. The molecule has 3 aromatic rings. The highest BCUT2D eigenvalue weighted by Gasteiger charge is 2.26. The highest BCUT2D eigenvalue weighted by Crippen LogP contribution is 2.25. The number of piperazine rings is 1. The van der Waals surface area contributed by atoms with Gasteiger partial charge in [-0.05, 0) is 42.0 Å². The van der Waals surface area contributed by atoms with Crippen LogP contribution in [0.4, 0.5) is 10.3 Å². The summed E-state index contributed by atoms with van der Waals surface area (Å²) in [6.07, 6.45) is 3.51. The summed E-state index contributed by atoms with van der Waals surface area (Å²) in [6.45, 7) is 1.81. The number of anilines is 1. The van der Waals surface area contributed by atoms with Crippen LogP contribution in [0, 0.1) is 17.1 Å². The first-order valence-electron chi connectivity index (χ1n) is 9.68. The maximum absolute atomic E-state index is 13.4. The van der Waals surface area contributed by atoms with E-state index >= 15 is 0 Å². The number of carbonyl (C=O) groups is 1. The molecule has 2 heterocycles. The van der Waals surface area contributed by atoms with E-state index in [9.17, 15) is 14.4 Å². The Bertz CT molecular complexity index is 1160. The number of hydrogen-bond acceptors (Lipinski definition) is 5. The number of amides is 1. The van der Waals surface area contributed by atoms with Crippen LogP contribution in [0.15, 0.2) is 52.9 Å². The summed E-state index contributed by atoms with van der Waals surface area (Å²) in [4.78, 5) is 20.4. The molecular formula is C23H18ClFN4O2. The molecular weight excluding hydrogens is 419 g/mol. The molecule has 0 aliphatic carbocycles. The van der Waals surface area contributed by atoms with Crippen LogP contribution in [0.3, 0.4) is 0 Å². The molecule has 2 aromatic carbocycles. The molecule has 1 fully saturated rings. The third kappa shape index (κ3) is 4.76. The van der Waals surface area contributed by atoms with Crippen molar-refractivity contribution < 1.29 is 13.6 Å². The van der Waals surface area contributed by atoms with Gasteiger partial charge < -0.3 is 14.2 Å². The fraction of sp³-hybridized carbons (Fsp3) is 0.174. The molecule has 0 atom stereocenters. The van der Waals surface area contributed by atoms with Gasteiger partial charge in [-0.25, -0.2) is 4.39 Å². The quantitative estimate of drug-likeness (QED) is 0.603. The third-order valence-electron chi connectivity index (χ3n) is 4.95. The van der Waals surface area contributed by atoms with E-state index in [0.29, 0.717) is 48.5 Å². The summed E-state index contributed by atoms with van der Waals surface area (Å²) in [5.74, 6) is 0.0451. The Hall–Kier alpha value is -3.63. The van der Waals surface area contributed by atoms with Crippen molar-refractivity contribution in [2.75, 3.05) is 31.1 Å². The van der Waals surface area contributed by atoms with Crippen LogP contribution in [0.5, 0.6) is 0 Å². The topological polar surface area (TPSA) is 73.4 Å². The molecule has 1 saturated heterocycles. The van der Waals surface area contributed by atoms with Crippen molar-refractivity contribution in [2.24, 2.45) is 0 Å². The van der Waals surface area contributed by atoms with Crippen LogP contribution >= 0.6 is 11.6 Å². The van der Waals surface area contributed by atoms with E-state index in [1.165, 1.54) is 18.2 Å². The van der Waals surface area contributed by atoms with Crippen molar-refractivity contribution in [3.05, 3.63) is 82.1 Å². The second kappa shape index (κ2) is 9.02. The molecule has 0 saturated carbocycles. The van der Waals surface area contributed by atoms with Crippen molar-refractivity contribution in [3.8, 4) is 6.07 Å². The molecule has 0 spiro atoms. The number of hydrogen-bond donors (Lipinski definition) is 0. The molecule has 0 bridgehead atoms. The largest absolute Gasteiger partial charge is 0.420 e. The van der Waals surface area contributed by atoms with Crippen LogP contribution in [0.2, 0.25) is 5.02 Å². The number of benzene rings is 2. The zero-order valence-electron chi connectivity index (χ0n) is 16.5. The molecule has 1 aliphatic heterocycles. The molecule has 6 nitrogen and oxygen atoms in total. The fourth-order valence-corrected chi connectivity index (χ4v) is 3.47. The van der Waals surface area contributed by atoms with Crippen molar-refractivity contribution in [1.82, 2.24) is 9.88 Å². The molecule has 31 heavy (non-hydrogen) atoms. The lowest BCUT2D eigenvalue weighted by atomic mass is 10.1. The van der Waals surface area contributed by atoms with Crippen molar-refractivity contribution in [2.45, 2.75) is 0 Å². The summed E-state index contributed by atoms with van der Waals surface area (Å²) in [6, 6.07) is 15.0. The monoisotopic (exact) mass is 436 g/mol. The van der Waals surface area contributed by atoms with E-state index in [1.54, 1.807) is 29.2 Å². The lowest BCUT2D eigenvalue weighted by Gasteiger charge is -2.34. The standard InChI is InChI=1S/C23H18ClFN4O2/c24-18-7-4-16(5-8-18)6-9-21-27-20(15-26)23(31-21)29-12-10-28(11-13-29)22(30)17-2-1-3-19(25)14-17/h1-9,14H,10-13H2/b9-6+. The highest BCUT2D eigenvalue weighted by molar-refractivity contribution is 6.30. The lowest BCUT2D eigenvalue weighted by molar-refractivity contribution is 0.0745. The Labute approximate surface area is 183 Å². The first-order valence-corrected chi connectivity index (χ1v) is 10.1. The number of oxazole rings is 1. The van der Waals surface area contributed by atoms with Gasteiger partial charge in [0.1, 0.15) is 11.9 Å². The zero-order chi connectivity index (χ0) is 21.8. The first kappa shape index (κ1) is 20.6. The van der Waals surface area contributed by atoms with Gasteiger partial charge in [0, 0.05) is 42.8 Å². The van der Waals surface area contributed by atoms with Crippen LogP contribution in [0.25, 0.3) is 12.2 Å². The summed E-state index contributed by atoms with van der Waals surface area (Å²) >= 11 is 5.89. The van der Waals surface area contributed by atoms with Crippen molar-refractivity contribution >= 4 is 35.5 Å². The molecule has 1 aliphatic rings. The summed E-state index contributed by atoms with van der Waals surface area (Å²) in [5.41, 5.74) is 1.44. The molecule has 0 unspecified atom stereocenters. The molecule has 1 amide bonds. The van der Waals surface area contributed by atoms with E-state index in [-0.39, 0.29) is 11.6 Å². The minimum Gasteiger partial charge on any atom is -0.420 e. The first-order chi connectivity index (χ1) is 15.0. The molecule has 4 rings (SSSR count).